The SMILES string of the molecule is CCOC(=O)NCCOc1ccc(NCC=C(C)C)cc1. The first-order valence-corrected chi connectivity index (χ1v) is 7.12. The molecular weight excluding hydrogens is 268 g/mol. The molecule has 5 heteroatoms. The molecule has 0 heterocycles. The van der Waals surface area contributed by atoms with Gasteiger partial charge in [-0.2, -0.15) is 0 Å². The van der Waals surface area contributed by atoms with Crippen LogP contribution in [0.25, 0.3) is 0 Å². The predicted octanol–water partition coefficient (Wildman–Crippen LogP) is 3.19. The molecular formula is C16H24N2O3. The number of carbonyl (C=O) groups excluding carboxylic acids is 1. The quantitative estimate of drug-likeness (QED) is 0.570. The lowest BCUT2D eigenvalue weighted by molar-refractivity contribution is 0.150. The van der Waals surface area contributed by atoms with Crippen molar-refractivity contribution in [3.63, 3.8) is 0 Å². The summed E-state index contributed by atoms with van der Waals surface area (Å²) in [6.07, 6.45) is 1.71. The van der Waals surface area contributed by atoms with Gasteiger partial charge in [0.2, 0.25) is 0 Å². The number of alkyl carbamates (subject to hydrolysis) is 1. The Morgan fingerprint density at radius 1 is 1.24 bits per heavy atom. The van der Waals surface area contributed by atoms with E-state index in [1.165, 1.54) is 5.57 Å². The van der Waals surface area contributed by atoms with Crippen molar-refractivity contribution in [3.8, 4) is 5.75 Å². The molecule has 0 aliphatic heterocycles. The van der Waals surface area contributed by atoms with Crippen LogP contribution in [0.3, 0.4) is 0 Å². The van der Waals surface area contributed by atoms with Crippen LogP contribution in [0.15, 0.2) is 35.9 Å². The van der Waals surface area contributed by atoms with Gasteiger partial charge in [0.25, 0.3) is 0 Å². The lowest BCUT2D eigenvalue weighted by atomic mass is 10.3. The monoisotopic (exact) mass is 292 g/mol. The maximum Gasteiger partial charge on any atom is 0.407 e. The minimum Gasteiger partial charge on any atom is -0.492 e. The summed E-state index contributed by atoms with van der Waals surface area (Å²) in [5.41, 5.74) is 2.33. The van der Waals surface area contributed by atoms with E-state index in [1.54, 1.807) is 6.92 Å². The van der Waals surface area contributed by atoms with Crippen LogP contribution >= 0.6 is 0 Å². The van der Waals surface area contributed by atoms with E-state index in [9.17, 15) is 4.79 Å². The summed E-state index contributed by atoms with van der Waals surface area (Å²) < 4.78 is 10.3. The van der Waals surface area contributed by atoms with Crippen LogP contribution in [0.1, 0.15) is 20.8 Å². The molecule has 0 bridgehead atoms. The van der Waals surface area contributed by atoms with Crippen LogP contribution in [0.4, 0.5) is 10.5 Å². The Kier molecular flexibility index (Phi) is 7.79. The molecule has 1 aromatic carbocycles. The zero-order valence-electron chi connectivity index (χ0n) is 12.9. The number of hydrogen-bond acceptors (Lipinski definition) is 4. The van der Waals surface area contributed by atoms with E-state index in [0.717, 1.165) is 18.0 Å². The Hall–Kier alpha value is -2.17. The van der Waals surface area contributed by atoms with Gasteiger partial charge >= 0.3 is 6.09 Å². The number of benzene rings is 1. The Morgan fingerprint density at radius 2 is 1.95 bits per heavy atom. The summed E-state index contributed by atoms with van der Waals surface area (Å²) >= 11 is 0. The van der Waals surface area contributed by atoms with Gasteiger partial charge in [0.1, 0.15) is 12.4 Å². The van der Waals surface area contributed by atoms with Gasteiger partial charge in [-0.15, -0.1) is 0 Å². The first-order valence-electron chi connectivity index (χ1n) is 7.12. The van der Waals surface area contributed by atoms with Crippen molar-refractivity contribution in [2.24, 2.45) is 0 Å². The van der Waals surface area contributed by atoms with Crippen LogP contribution in [-0.4, -0.2) is 32.4 Å². The first kappa shape index (κ1) is 16.9. The third kappa shape index (κ3) is 7.87. The lowest BCUT2D eigenvalue weighted by Crippen LogP contribution is -2.28. The maximum atomic E-state index is 11.0. The highest BCUT2D eigenvalue weighted by atomic mass is 16.5. The molecule has 0 fully saturated rings. The Bertz CT molecular complexity index is 451. The van der Waals surface area contributed by atoms with E-state index >= 15 is 0 Å². The van der Waals surface area contributed by atoms with E-state index < -0.39 is 6.09 Å². The predicted molar refractivity (Wildman–Crippen MR) is 84.9 cm³/mol. The zero-order chi connectivity index (χ0) is 15.5. The lowest BCUT2D eigenvalue weighted by Gasteiger charge is -2.09. The van der Waals surface area contributed by atoms with Gasteiger partial charge in [-0.1, -0.05) is 11.6 Å². The Morgan fingerprint density at radius 3 is 2.57 bits per heavy atom. The summed E-state index contributed by atoms with van der Waals surface area (Å²) in [7, 11) is 0. The second-order valence-corrected chi connectivity index (χ2v) is 4.68. The number of carbonyl (C=O) groups is 1. The van der Waals surface area contributed by atoms with E-state index in [2.05, 4.69) is 30.6 Å². The highest BCUT2D eigenvalue weighted by Gasteiger charge is 1.99. The van der Waals surface area contributed by atoms with Crippen LogP contribution < -0.4 is 15.4 Å². The number of nitrogens with one attached hydrogen (secondary N) is 2. The molecule has 0 aliphatic rings. The molecule has 2 N–H and O–H groups in total. The van der Waals surface area contributed by atoms with Gasteiger partial charge in [-0.25, -0.2) is 4.79 Å². The summed E-state index contributed by atoms with van der Waals surface area (Å²) in [6, 6.07) is 7.73. The Balaban J connectivity index is 2.25. The number of amides is 1. The molecule has 1 rings (SSSR count). The second-order valence-electron chi connectivity index (χ2n) is 4.68. The largest absolute Gasteiger partial charge is 0.492 e. The first-order chi connectivity index (χ1) is 10.1. The molecule has 0 unspecified atom stereocenters. The van der Waals surface area contributed by atoms with Crippen LogP contribution in [0, 0.1) is 0 Å². The molecule has 0 spiro atoms. The zero-order valence-corrected chi connectivity index (χ0v) is 12.9. The summed E-state index contributed by atoms with van der Waals surface area (Å²) in [5, 5.41) is 5.89. The molecule has 116 valence electrons. The van der Waals surface area contributed by atoms with Crippen LogP contribution in [-0.2, 0) is 4.74 Å². The number of ether oxygens (including phenoxy) is 2. The molecule has 0 atom stereocenters. The smallest absolute Gasteiger partial charge is 0.407 e. The van der Waals surface area contributed by atoms with Crippen molar-refractivity contribution in [1.29, 1.82) is 0 Å². The summed E-state index contributed by atoms with van der Waals surface area (Å²) in [6.45, 7) is 7.91. The maximum absolute atomic E-state index is 11.0. The number of anilines is 1. The standard InChI is InChI=1S/C16H24N2O3/c1-4-20-16(19)18-11-12-21-15-7-5-14(6-8-15)17-10-9-13(2)3/h5-9,17H,4,10-12H2,1-3H3,(H,18,19). The van der Waals surface area contributed by atoms with Crippen molar-refractivity contribution in [2.45, 2.75) is 20.8 Å². The average Bonchev–Trinajstić information content (AvgIpc) is 2.45. The van der Waals surface area contributed by atoms with Crippen molar-refractivity contribution in [2.75, 3.05) is 31.6 Å². The molecule has 0 saturated heterocycles. The minimum absolute atomic E-state index is 0.369. The van der Waals surface area contributed by atoms with Crippen molar-refractivity contribution >= 4 is 11.8 Å². The summed E-state index contributed by atoms with van der Waals surface area (Å²) in [4.78, 5) is 11.0. The Labute approximate surface area is 126 Å². The number of hydrogen-bond donors (Lipinski definition) is 2. The molecule has 5 nitrogen and oxygen atoms in total. The highest BCUT2D eigenvalue weighted by molar-refractivity contribution is 5.66. The third-order valence-electron chi connectivity index (χ3n) is 2.59. The van der Waals surface area contributed by atoms with Gasteiger partial charge in [0.15, 0.2) is 0 Å². The van der Waals surface area contributed by atoms with Gasteiger partial charge < -0.3 is 20.1 Å². The van der Waals surface area contributed by atoms with E-state index in [0.29, 0.717) is 19.8 Å². The third-order valence-corrected chi connectivity index (χ3v) is 2.59. The second kappa shape index (κ2) is 9.69. The van der Waals surface area contributed by atoms with Gasteiger partial charge in [-0.3, -0.25) is 0 Å². The minimum atomic E-state index is -0.417. The van der Waals surface area contributed by atoms with Crippen LogP contribution in [0.2, 0.25) is 0 Å². The number of rotatable bonds is 8. The fourth-order valence-electron chi connectivity index (χ4n) is 1.55. The molecule has 0 saturated carbocycles. The van der Waals surface area contributed by atoms with Crippen LogP contribution in [0.5, 0.6) is 5.75 Å². The normalized spacial score (nSPS) is 9.67. The van der Waals surface area contributed by atoms with E-state index in [1.807, 2.05) is 24.3 Å². The van der Waals surface area contributed by atoms with Gasteiger partial charge in [0, 0.05) is 12.2 Å². The highest BCUT2D eigenvalue weighted by Crippen LogP contribution is 2.15. The molecule has 0 aliphatic carbocycles. The van der Waals surface area contributed by atoms with Gasteiger partial charge in [-0.05, 0) is 45.0 Å². The van der Waals surface area contributed by atoms with Crippen molar-refractivity contribution in [1.82, 2.24) is 5.32 Å². The number of allylic oxidation sites excluding steroid dienone is 1. The topological polar surface area (TPSA) is 59.6 Å². The fourth-order valence-corrected chi connectivity index (χ4v) is 1.55. The molecule has 1 amide bonds. The average molecular weight is 292 g/mol. The fraction of sp³-hybridized carbons (Fsp3) is 0.438. The van der Waals surface area contributed by atoms with Gasteiger partial charge in [0.05, 0.1) is 13.2 Å². The summed E-state index contributed by atoms with van der Waals surface area (Å²) in [5.74, 6) is 0.772. The van der Waals surface area contributed by atoms with E-state index in [4.69, 9.17) is 9.47 Å². The van der Waals surface area contributed by atoms with Crippen molar-refractivity contribution in [3.05, 3.63) is 35.9 Å². The molecule has 0 radical (unpaired) electrons. The molecule has 21 heavy (non-hydrogen) atoms. The van der Waals surface area contributed by atoms with Crippen molar-refractivity contribution < 1.29 is 14.3 Å². The molecule has 1 aromatic rings. The molecule has 0 aromatic heterocycles. The van der Waals surface area contributed by atoms with E-state index in [-0.39, 0.29) is 0 Å².